The molecule has 1 aliphatic heterocycles. The zero-order valence-corrected chi connectivity index (χ0v) is 21.1. The number of carbonyl (C=O) groups is 1. The smallest absolute Gasteiger partial charge is 0.383 e. The van der Waals surface area contributed by atoms with Crippen LogP contribution in [0.15, 0.2) is 49.2 Å². The fourth-order valence-electron chi connectivity index (χ4n) is 4.41. The van der Waals surface area contributed by atoms with Crippen molar-refractivity contribution >= 4 is 28.9 Å². The number of thiazole rings is 1. The van der Waals surface area contributed by atoms with Crippen LogP contribution in [-0.2, 0) is 11.8 Å². The highest BCUT2D eigenvalue weighted by molar-refractivity contribution is 7.15. The van der Waals surface area contributed by atoms with Gasteiger partial charge in [0, 0.05) is 37.6 Å². The predicted molar refractivity (Wildman–Crippen MR) is 135 cm³/mol. The van der Waals surface area contributed by atoms with E-state index in [1.54, 1.807) is 23.2 Å². The number of nitrogens with zero attached hydrogens (tertiary/aromatic N) is 5. The lowest BCUT2D eigenvalue weighted by Crippen LogP contribution is -2.33. The number of aromatic nitrogens is 5. The van der Waals surface area contributed by atoms with Crippen molar-refractivity contribution in [2.45, 2.75) is 38.0 Å². The fraction of sp³-hybridized carbons (Fsp3) is 0.320. The summed E-state index contributed by atoms with van der Waals surface area (Å²) in [6, 6.07) is 6.29. The number of hydrogen-bond acceptors (Lipinski definition) is 8. The van der Waals surface area contributed by atoms with Gasteiger partial charge in [0.25, 0.3) is 5.91 Å². The molecule has 3 aromatic heterocycles. The molecule has 1 atom stereocenters. The molecule has 1 saturated heterocycles. The summed E-state index contributed by atoms with van der Waals surface area (Å²) in [6.07, 6.45) is 2.51. The minimum atomic E-state index is -4.57. The van der Waals surface area contributed by atoms with Gasteiger partial charge in [-0.1, -0.05) is 6.07 Å². The fourth-order valence-corrected chi connectivity index (χ4v) is 5.45. The average molecular weight is 544 g/mol. The number of alkyl halides is 3. The summed E-state index contributed by atoms with van der Waals surface area (Å²) in [5.74, 6) is -0.320. The maximum absolute atomic E-state index is 13.0. The number of aromatic amines is 1. The summed E-state index contributed by atoms with van der Waals surface area (Å²) in [7, 11) is 0. The Morgan fingerprint density at radius 2 is 2.03 bits per heavy atom. The molecule has 13 heteroatoms. The largest absolute Gasteiger partial charge is 0.433 e. The van der Waals surface area contributed by atoms with Gasteiger partial charge in [-0.3, -0.25) is 4.79 Å². The van der Waals surface area contributed by atoms with Gasteiger partial charge in [-0.2, -0.15) is 13.2 Å². The van der Waals surface area contributed by atoms with E-state index in [1.807, 2.05) is 13.0 Å². The quantitative estimate of drug-likeness (QED) is 0.327. The van der Waals surface area contributed by atoms with Crippen molar-refractivity contribution in [1.29, 1.82) is 0 Å². The molecule has 0 aliphatic carbocycles. The van der Waals surface area contributed by atoms with Gasteiger partial charge in [-0.15, -0.1) is 11.3 Å². The molecule has 3 N–H and O–H groups in total. The van der Waals surface area contributed by atoms with E-state index in [2.05, 4.69) is 30.2 Å². The zero-order chi connectivity index (χ0) is 26.9. The van der Waals surface area contributed by atoms with Crippen LogP contribution in [0.1, 0.15) is 46.0 Å². The molecule has 1 aromatic carbocycles. The molecule has 4 heterocycles. The number of likely N-dealkylation sites (tertiary alicyclic amines) is 1. The Labute approximate surface area is 219 Å². The van der Waals surface area contributed by atoms with Crippen LogP contribution >= 0.6 is 11.3 Å². The Hall–Kier alpha value is -3.84. The number of hydrogen-bond donors (Lipinski definition) is 3. The Morgan fingerprint density at radius 1 is 1.18 bits per heavy atom. The summed E-state index contributed by atoms with van der Waals surface area (Å²) in [6.45, 7) is 2.76. The number of carbonyl (C=O) groups excluding carboxylic acids is 1. The normalized spacial score (nSPS) is 18.3. The standard InChI is InChI=1S/C25H24F3N7O2S/c1-15-9-16(11-17(10-15)33-23-30-6-3-20(34-23)25(26,27)28)19-13-31-22(38-19)24(37)4-2-7-35(8-5-24)21(36)18-12-29-14-32-18/h3,6,9-14,37H,2,4-5,7-8H2,1H3,(H,29,32)(H,30,33,34)/t24-/m1/s1. The number of imidazole rings is 1. The Balaban J connectivity index is 1.34. The predicted octanol–water partition coefficient (Wildman–Crippen LogP) is 4.91. The second kappa shape index (κ2) is 10.1. The second-order valence-corrected chi connectivity index (χ2v) is 10.2. The molecule has 1 amide bonds. The number of benzene rings is 1. The Bertz CT molecular complexity index is 1440. The van der Waals surface area contributed by atoms with Crippen molar-refractivity contribution in [2.24, 2.45) is 0 Å². The molecule has 9 nitrogen and oxygen atoms in total. The zero-order valence-electron chi connectivity index (χ0n) is 20.3. The molecule has 0 radical (unpaired) electrons. The molecular formula is C25H24F3N7O2S. The molecule has 0 unspecified atom stereocenters. The molecule has 5 rings (SSSR count). The topological polar surface area (TPSA) is 120 Å². The molecule has 0 saturated carbocycles. The summed E-state index contributed by atoms with van der Waals surface area (Å²) in [4.78, 5) is 33.9. The van der Waals surface area contributed by atoms with Gasteiger partial charge in [0.2, 0.25) is 5.95 Å². The van der Waals surface area contributed by atoms with Crippen molar-refractivity contribution in [3.8, 4) is 10.4 Å². The second-order valence-electron chi connectivity index (χ2n) is 9.15. The van der Waals surface area contributed by atoms with Gasteiger partial charge < -0.3 is 20.3 Å². The van der Waals surface area contributed by atoms with Crippen LogP contribution < -0.4 is 5.32 Å². The van der Waals surface area contributed by atoms with Gasteiger partial charge in [-0.25, -0.2) is 19.9 Å². The lowest BCUT2D eigenvalue weighted by atomic mass is 9.96. The molecule has 4 aromatic rings. The monoisotopic (exact) mass is 543 g/mol. The Kier molecular flexibility index (Phi) is 6.88. The van der Waals surface area contributed by atoms with E-state index in [4.69, 9.17) is 0 Å². The van der Waals surface area contributed by atoms with Crippen molar-refractivity contribution in [1.82, 2.24) is 29.8 Å². The number of rotatable bonds is 5. The first kappa shape index (κ1) is 25.8. The third-order valence-corrected chi connectivity index (χ3v) is 7.54. The van der Waals surface area contributed by atoms with Crippen molar-refractivity contribution < 1.29 is 23.1 Å². The number of amides is 1. The van der Waals surface area contributed by atoms with Gasteiger partial charge in [0.15, 0.2) is 0 Å². The molecule has 38 heavy (non-hydrogen) atoms. The van der Waals surface area contributed by atoms with E-state index < -0.39 is 17.5 Å². The number of nitrogens with one attached hydrogen (secondary N) is 2. The summed E-state index contributed by atoms with van der Waals surface area (Å²) in [5, 5.41) is 14.9. The van der Waals surface area contributed by atoms with E-state index in [9.17, 15) is 23.1 Å². The van der Waals surface area contributed by atoms with Gasteiger partial charge >= 0.3 is 6.18 Å². The molecule has 198 valence electrons. The molecule has 0 spiro atoms. The van der Waals surface area contributed by atoms with Gasteiger partial charge in [0.1, 0.15) is 22.0 Å². The summed E-state index contributed by atoms with van der Waals surface area (Å²) in [5.41, 5.74) is 0.380. The third kappa shape index (κ3) is 5.53. The van der Waals surface area contributed by atoms with Crippen molar-refractivity contribution in [3.05, 3.63) is 71.1 Å². The number of aliphatic hydroxyl groups is 1. The molecule has 1 aliphatic rings. The van der Waals surface area contributed by atoms with E-state index >= 15 is 0 Å². The van der Waals surface area contributed by atoms with Crippen LogP contribution in [0.5, 0.6) is 0 Å². The molecule has 1 fully saturated rings. The van der Waals surface area contributed by atoms with Crippen molar-refractivity contribution in [3.63, 3.8) is 0 Å². The molecular weight excluding hydrogens is 519 g/mol. The number of aryl methyl sites for hydroxylation is 1. The van der Waals surface area contributed by atoms with Gasteiger partial charge in [0.05, 0.1) is 17.4 Å². The van der Waals surface area contributed by atoms with Crippen LogP contribution in [0.4, 0.5) is 24.8 Å². The average Bonchev–Trinajstić information content (AvgIpc) is 3.55. The van der Waals surface area contributed by atoms with E-state index in [1.165, 1.54) is 23.9 Å². The lowest BCUT2D eigenvalue weighted by Gasteiger charge is -2.24. The highest BCUT2D eigenvalue weighted by Gasteiger charge is 2.36. The van der Waals surface area contributed by atoms with Crippen LogP contribution in [0.2, 0.25) is 0 Å². The third-order valence-electron chi connectivity index (χ3n) is 6.30. The minimum absolute atomic E-state index is 0.156. The van der Waals surface area contributed by atoms with Crippen molar-refractivity contribution in [2.75, 3.05) is 18.4 Å². The maximum Gasteiger partial charge on any atom is 0.433 e. The first-order chi connectivity index (χ1) is 18.1. The minimum Gasteiger partial charge on any atom is -0.383 e. The SMILES string of the molecule is Cc1cc(Nc2nccc(C(F)(F)F)n2)cc(-c2cnc([C@@]3(O)CCCN(C(=O)c4cnc[nH]4)CC3)s2)c1. The number of halogens is 3. The highest BCUT2D eigenvalue weighted by Crippen LogP contribution is 2.39. The van der Waals surface area contributed by atoms with Crippen LogP contribution in [0.3, 0.4) is 0 Å². The first-order valence-corrected chi connectivity index (χ1v) is 12.7. The number of H-pyrrole nitrogens is 1. The van der Waals surface area contributed by atoms with Crippen LogP contribution in [0, 0.1) is 6.92 Å². The lowest BCUT2D eigenvalue weighted by molar-refractivity contribution is -0.141. The Morgan fingerprint density at radius 3 is 2.79 bits per heavy atom. The van der Waals surface area contributed by atoms with E-state index in [0.717, 1.165) is 28.3 Å². The number of anilines is 2. The summed E-state index contributed by atoms with van der Waals surface area (Å²) >= 11 is 1.35. The van der Waals surface area contributed by atoms with Gasteiger partial charge in [-0.05, 0) is 49.1 Å². The maximum atomic E-state index is 13.0. The summed E-state index contributed by atoms with van der Waals surface area (Å²) < 4.78 is 39.1. The van der Waals surface area contributed by atoms with E-state index in [0.29, 0.717) is 48.7 Å². The van der Waals surface area contributed by atoms with E-state index in [-0.39, 0.29) is 11.9 Å². The van der Waals surface area contributed by atoms with Crippen LogP contribution in [-0.4, -0.2) is 53.9 Å². The van der Waals surface area contributed by atoms with Crippen LogP contribution in [0.25, 0.3) is 10.4 Å². The first-order valence-electron chi connectivity index (χ1n) is 11.9. The highest BCUT2D eigenvalue weighted by atomic mass is 32.1. The molecule has 0 bridgehead atoms.